The summed E-state index contributed by atoms with van der Waals surface area (Å²) in [5.74, 6) is 3.22. The van der Waals surface area contributed by atoms with Gasteiger partial charge in [-0.3, -0.25) is 0 Å². The maximum Gasteiger partial charge on any atom is 0.435 e. The third-order valence-corrected chi connectivity index (χ3v) is 4.30. The monoisotopic (exact) mass is 306 g/mol. The average Bonchev–Trinajstić information content (AvgIpc) is 3.33. The van der Waals surface area contributed by atoms with Gasteiger partial charge in [-0.15, -0.1) is 5.10 Å². The molecular formula is C17H26N2O3. The molecule has 2 fully saturated rings. The summed E-state index contributed by atoms with van der Waals surface area (Å²) >= 11 is 0. The van der Waals surface area contributed by atoms with Crippen LogP contribution in [0.2, 0.25) is 0 Å². The number of carbonyl (C=O) groups is 1. The van der Waals surface area contributed by atoms with Crippen LogP contribution in [0, 0.1) is 17.8 Å². The van der Waals surface area contributed by atoms with E-state index in [-0.39, 0.29) is 0 Å². The fourth-order valence-corrected chi connectivity index (χ4v) is 3.00. The molecule has 0 spiro atoms. The van der Waals surface area contributed by atoms with Crippen LogP contribution in [0.15, 0.2) is 12.3 Å². The molecule has 2 saturated carbocycles. The van der Waals surface area contributed by atoms with Crippen molar-refractivity contribution in [1.29, 1.82) is 0 Å². The number of carbonyl (C=O) groups excluding carboxylic acids is 1. The van der Waals surface area contributed by atoms with Crippen LogP contribution in [0.3, 0.4) is 0 Å². The first-order valence-corrected chi connectivity index (χ1v) is 8.34. The van der Waals surface area contributed by atoms with Crippen molar-refractivity contribution in [1.82, 2.24) is 9.78 Å². The molecule has 0 aliphatic heterocycles. The van der Waals surface area contributed by atoms with Crippen molar-refractivity contribution in [3.05, 3.63) is 12.3 Å². The van der Waals surface area contributed by atoms with Crippen molar-refractivity contribution in [3.63, 3.8) is 0 Å². The Balaban J connectivity index is 1.46. The quantitative estimate of drug-likeness (QED) is 0.800. The molecule has 0 bridgehead atoms. The summed E-state index contributed by atoms with van der Waals surface area (Å²) in [6.07, 6.45) is 7.81. The molecule has 122 valence electrons. The topological polar surface area (TPSA) is 53.4 Å². The Morgan fingerprint density at radius 3 is 2.50 bits per heavy atom. The van der Waals surface area contributed by atoms with Crippen LogP contribution in [0.25, 0.3) is 0 Å². The standard InChI is InChI=1S/C17H26N2O3/c1-17(2,3)22-16(20)19-10-8-15(18-19)21-11-9-14(12-4-5-12)13-6-7-13/h8,10,12-14H,4-7,9,11H2,1-3H3. The molecule has 0 aromatic carbocycles. The molecule has 0 saturated heterocycles. The van der Waals surface area contributed by atoms with Gasteiger partial charge in [-0.25, -0.2) is 4.79 Å². The van der Waals surface area contributed by atoms with Crippen molar-refractivity contribution in [2.75, 3.05) is 6.61 Å². The largest absolute Gasteiger partial charge is 0.477 e. The lowest BCUT2D eigenvalue weighted by Gasteiger charge is -2.18. The normalized spacial score (nSPS) is 18.5. The SMILES string of the molecule is CC(C)(C)OC(=O)n1ccc(OCCC(C2CC2)C2CC2)n1. The zero-order chi connectivity index (χ0) is 15.7. The van der Waals surface area contributed by atoms with Gasteiger partial charge in [0.15, 0.2) is 0 Å². The zero-order valence-corrected chi connectivity index (χ0v) is 13.7. The molecule has 22 heavy (non-hydrogen) atoms. The number of ether oxygens (including phenoxy) is 2. The van der Waals surface area contributed by atoms with Crippen molar-refractivity contribution < 1.29 is 14.3 Å². The van der Waals surface area contributed by atoms with E-state index in [2.05, 4.69) is 5.10 Å². The van der Waals surface area contributed by atoms with E-state index in [0.717, 1.165) is 24.2 Å². The minimum Gasteiger partial charge on any atom is -0.477 e. The zero-order valence-electron chi connectivity index (χ0n) is 13.7. The van der Waals surface area contributed by atoms with Gasteiger partial charge < -0.3 is 9.47 Å². The van der Waals surface area contributed by atoms with E-state index < -0.39 is 11.7 Å². The Bertz CT molecular complexity index is 512. The van der Waals surface area contributed by atoms with Crippen LogP contribution in [-0.2, 0) is 4.74 Å². The van der Waals surface area contributed by atoms with Crippen LogP contribution in [0.4, 0.5) is 4.79 Å². The van der Waals surface area contributed by atoms with Gasteiger partial charge in [-0.1, -0.05) is 0 Å². The molecular weight excluding hydrogens is 280 g/mol. The summed E-state index contributed by atoms with van der Waals surface area (Å²) in [4.78, 5) is 11.9. The van der Waals surface area contributed by atoms with E-state index in [1.807, 2.05) is 20.8 Å². The highest BCUT2D eigenvalue weighted by Gasteiger charge is 2.40. The second-order valence-corrected chi connectivity index (χ2v) is 7.55. The third kappa shape index (κ3) is 4.24. The van der Waals surface area contributed by atoms with Crippen molar-refractivity contribution in [3.8, 4) is 5.88 Å². The van der Waals surface area contributed by atoms with Gasteiger partial charge in [0.25, 0.3) is 0 Å². The van der Waals surface area contributed by atoms with Crippen molar-refractivity contribution in [2.24, 2.45) is 17.8 Å². The molecule has 2 aliphatic rings. The molecule has 0 atom stereocenters. The lowest BCUT2D eigenvalue weighted by Crippen LogP contribution is -2.27. The first kappa shape index (κ1) is 15.4. The van der Waals surface area contributed by atoms with Crippen LogP contribution < -0.4 is 4.74 Å². The Morgan fingerprint density at radius 1 is 1.32 bits per heavy atom. The van der Waals surface area contributed by atoms with E-state index in [1.54, 1.807) is 12.3 Å². The second-order valence-electron chi connectivity index (χ2n) is 7.55. The van der Waals surface area contributed by atoms with Gasteiger partial charge in [0.05, 0.1) is 6.61 Å². The summed E-state index contributed by atoms with van der Waals surface area (Å²) in [6, 6.07) is 1.72. The number of hydrogen-bond acceptors (Lipinski definition) is 4. The highest BCUT2D eigenvalue weighted by atomic mass is 16.6. The van der Waals surface area contributed by atoms with Crippen molar-refractivity contribution in [2.45, 2.75) is 58.5 Å². The Hall–Kier alpha value is -1.52. The number of nitrogens with zero attached hydrogens (tertiary/aromatic N) is 2. The van der Waals surface area contributed by atoms with E-state index >= 15 is 0 Å². The number of hydrogen-bond donors (Lipinski definition) is 0. The molecule has 5 heteroatoms. The van der Waals surface area contributed by atoms with Crippen LogP contribution in [0.1, 0.15) is 52.9 Å². The highest BCUT2D eigenvalue weighted by Crippen LogP contribution is 2.50. The predicted octanol–water partition coefficient (Wildman–Crippen LogP) is 3.87. The van der Waals surface area contributed by atoms with Crippen molar-refractivity contribution >= 4 is 6.09 Å². The molecule has 0 radical (unpaired) electrons. The molecule has 0 amide bonds. The number of aromatic nitrogens is 2. The Labute approximate surface area is 132 Å². The molecule has 3 rings (SSSR count). The molecule has 0 unspecified atom stereocenters. The fourth-order valence-electron chi connectivity index (χ4n) is 3.00. The number of rotatable bonds is 6. The lowest BCUT2D eigenvalue weighted by molar-refractivity contribution is 0.0511. The maximum atomic E-state index is 11.9. The average molecular weight is 306 g/mol. The first-order chi connectivity index (χ1) is 10.4. The molecule has 1 heterocycles. The predicted molar refractivity (Wildman–Crippen MR) is 82.9 cm³/mol. The van der Waals surface area contributed by atoms with Gasteiger partial charge in [0, 0.05) is 12.3 Å². The summed E-state index contributed by atoms with van der Waals surface area (Å²) in [6.45, 7) is 6.19. The van der Waals surface area contributed by atoms with Gasteiger partial charge in [0.1, 0.15) is 5.60 Å². The van der Waals surface area contributed by atoms with Crippen LogP contribution in [-0.4, -0.2) is 28.1 Å². The lowest BCUT2D eigenvalue weighted by atomic mass is 9.95. The van der Waals surface area contributed by atoms with E-state index in [0.29, 0.717) is 12.5 Å². The molecule has 1 aromatic rings. The first-order valence-electron chi connectivity index (χ1n) is 8.34. The third-order valence-electron chi connectivity index (χ3n) is 4.30. The summed E-state index contributed by atoms with van der Waals surface area (Å²) < 4.78 is 12.2. The van der Waals surface area contributed by atoms with Crippen LogP contribution in [0.5, 0.6) is 5.88 Å². The van der Waals surface area contributed by atoms with Gasteiger partial charge in [-0.05, 0) is 70.6 Å². The summed E-state index contributed by atoms with van der Waals surface area (Å²) in [5.41, 5.74) is -0.522. The molecule has 1 aromatic heterocycles. The molecule has 0 N–H and O–H groups in total. The molecule has 2 aliphatic carbocycles. The summed E-state index contributed by atoms with van der Waals surface area (Å²) in [7, 11) is 0. The maximum absolute atomic E-state index is 11.9. The minimum absolute atomic E-state index is 0.476. The van der Waals surface area contributed by atoms with Gasteiger partial charge in [-0.2, -0.15) is 4.68 Å². The van der Waals surface area contributed by atoms with Gasteiger partial charge in [0.2, 0.25) is 5.88 Å². The fraction of sp³-hybridized carbons (Fsp3) is 0.765. The van der Waals surface area contributed by atoms with E-state index in [1.165, 1.54) is 30.4 Å². The van der Waals surface area contributed by atoms with Gasteiger partial charge >= 0.3 is 6.09 Å². The smallest absolute Gasteiger partial charge is 0.435 e. The summed E-state index contributed by atoms with van der Waals surface area (Å²) in [5, 5.41) is 4.13. The highest BCUT2D eigenvalue weighted by molar-refractivity contribution is 5.69. The molecule has 5 nitrogen and oxygen atoms in total. The Morgan fingerprint density at radius 2 is 1.95 bits per heavy atom. The van der Waals surface area contributed by atoms with E-state index in [9.17, 15) is 4.79 Å². The van der Waals surface area contributed by atoms with E-state index in [4.69, 9.17) is 9.47 Å². The minimum atomic E-state index is -0.522. The second kappa shape index (κ2) is 5.94. The van der Waals surface area contributed by atoms with Crippen LogP contribution >= 0.6 is 0 Å². The Kier molecular flexibility index (Phi) is 4.15.